The van der Waals surface area contributed by atoms with Crippen molar-refractivity contribution >= 4 is 40.3 Å². The van der Waals surface area contributed by atoms with Crippen molar-refractivity contribution in [2.24, 2.45) is 0 Å². The zero-order valence-electron chi connectivity index (χ0n) is 19.1. The Balaban J connectivity index is 1.42. The van der Waals surface area contributed by atoms with Gasteiger partial charge in [-0.15, -0.1) is 10.2 Å². The molecule has 2 N–H and O–H groups in total. The molecule has 180 valence electrons. The molecule has 2 fully saturated rings. The minimum absolute atomic E-state index is 0.0103. The van der Waals surface area contributed by atoms with E-state index in [-0.39, 0.29) is 29.0 Å². The molecule has 3 aromatic rings. The van der Waals surface area contributed by atoms with Gasteiger partial charge in [0.15, 0.2) is 5.16 Å². The summed E-state index contributed by atoms with van der Waals surface area (Å²) < 4.78 is 12.9. The number of imidazole rings is 1. The summed E-state index contributed by atoms with van der Waals surface area (Å²) in [5.41, 5.74) is 1.48. The van der Waals surface area contributed by atoms with Gasteiger partial charge in [0, 0.05) is 19.7 Å². The van der Waals surface area contributed by atoms with Gasteiger partial charge in [-0.1, -0.05) is 23.9 Å². The van der Waals surface area contributed by atoms with Crippen LogP contribution in [0.1, 0.15) is 31.5 Å². The highest BCUT2D eigenvalue weighted by atomic mass is 32.2. The maximum atomic E-state index is 12.6. The zero-order chi connectivity index (χ0) is 23.5. The van der Waals surface area contributed by atoms with E-state index in [1.54, 1.807) is 0 Å². The van der Waals surface area contributed by atoms with E-state index in [4.69, 9.17) is 9.47 Å². The molecule has 2 saturated heterocycles. The standard InChI is InChI=1S/C23H28N6O4S/c1-32-21(31)19(20-24-16-8-2-3-9-17(16)25-20)18(30)14-34-23-27-26-22(28-10-4-5-11-28)29(23)13-15-7-6-12-33-15/h2-3,8-9,15,30H,4-7,10-14H2,1H3,(H,24,25)/b19-18+. The average molecular weight is 485 g/mol. The van der Waals surface area contributed by atoms with Crippen molar-refractivity contribution in [3.63, 3.8) is 0 Å². The summed E-state index contributed by atoms with van der Waals surface area (Å²) in [5.74, 6) is 0.431. The van der Waals surface area contributed by atoms with Crippen LogP contribution < -0.4 is 4.90 Å². The number of para-hydroxylation sites is 2. The molecule has 10 nitrogen and oxygen atoms in total. The smallest absolute Gasteiger partial charge is 0.345 e. The van der Waals surface area contributed by atoms with Gasteiger partial charge in [0.1, 0.15) is 17.2 Å². The Morgan fingerprint density at radius 3 is 2.82 bits per heavy atom. The largest absolute Gasteiger partial charge is 0.510 e. The first-order chi connectivity index (χ1) is 16.6. The minimum Gasteiger partial charge on any atom is -0.510 e. The number of esters is 1. The topological polar surface area (TPSA) is 118 Å². The first-order valence-corrected chi connectivity index (χ1v) is 12.5. The van der Waals surface area contributed by atoms with E-state index in [1.165, 1.54) is 18.9 Å². The number of ether oxygens (including phenoxy) is 2. The first-order valence-electron chi connectivity index (χ1n) is 11.5. The Morgan fingerprint density at radius 1 is 1.26 bits per heavy atom. The lowest BCUT2D eigenvalue weighted by atomic mass is 10.2. The van der Waals surface area contributed by atoms with Gasteiger partial charge < -0.3 is 24.5 Å². The molecule has 0 radical (unpaired) electrons. The molecule has 1 unspecified atom stereocenters. The van der Waals surface area contributed by atoms with Crippen molar-refractivity contribution in [1.29, 1.82) is 0 Å². The monoisotopic (exact) mass is 484 g/mol. The van der Waals surface area contributed by atoms with E-state index >= 15 is 0 Å². The molecule has 5 rings (SSSR count). The molecule has 2 aromatic heterocycles. The van der Waals surface area contributed by atoms with Gasteiger partial charge in [0.2, 0.25) is 5.95 Å². The highest BCUT2D eigenvalue weighted by Gasteiger charge is 2.27. The normalized spacial score (nSPS) is 19.1. The van der Waals surface area contributed by atoms with Gasteiger partial charge in [-0.25, -0.2) is 9.78 Å². The first kappa shape index (κ1) is 22.7. The third kappa shape index (κ3) is 4.62. The molecule has 4 heterocycles. The number of rotatable bonds is 8. The summed E-state index contributed by atoms with van der Waals surface area (Å²) in [6.07, 6.45) is 4.46. The summed E-state index contributed by atoms with van der Waals surface area (Å²) in [6.45, 7) is 3.35. The van der Waals surface area contributed by atoms with E-state index in [0.717, 1.165) is 56.8 Å². The molecule has 0 bridgehead atoms. The molecule has 0 spiro atoms. The number of thioether (sulfide) groups is 1. The van der Waals surface area contributed by atoms with Crippen molar-refractivity contribution in [2.75, 3.05) is 37.5 Å². The van der Waals surface area contributed by atoms with Gasteiger partial charge in [-0.05, 0) is 37.8 Å². The summed E-state index contributed by atoms with van der Waals surface area (Å²) in [5, 5.41) is 20.5. The third-order valence-corrected chi connectivity index (χ3v) is 7.12. The number of benzene rings is 1. The van der Waals surface area contributed by atoms with Gasteiger partial charge in [0.05, 0.1) is 36.5 Å². The number of aliphatic hydroxyl groups excluding tert-OH is 1. The van der Waals surface area contributed by atoms with Crippen molar-refractivity contribution in [3.8, 4) is 0 Å². The number of aromatic nitrogens is 5. The number of methoxy groups -OCH3 is 1. The SMILES string of the molecule is COC(=O)/C(=C(/O)CSc1nnc(N2CCCC2)n1CC1CCCO1)c1nc2ccccc2[nH]1. The van der Waals surface area contributed by atoms with Gasteiger partial charge in [-0.2, -0.15) is 0 Å². The summed E-state index contributed by atoms with van der Waals surface area (Å²) in [7, 11) is 1.28. The van der Waals surface area contributed by atoms with Crippen LogP contribution in [0, 0.1) is 0 Å². The number of anilines is 1. The second-order valence-corrected chi connectivity index (χ2v) is 9.37. The Bertz CT molecular complexity index is 1160. The molecule has 11 heteroatoms. The zero-order valence-corrected chi connectivity index (χ0v) is 19.9. The quantitative estimate of drug-likeness (QED) is 0.215. The number of hydrogen-bond donors (Lipinski definition) is 2. The van der Waals surface area contributed by atoms with Crippen LogP contribution in [0.3, 0.4) is 0 Å². The van der Waals surface area contributed by atoms with Crippen LogP contribution in [0.4, 0.5) is 5.95 Å². The number of aromatic amines is 1. The third-order valence-electron chi connectivity index (χ3n) is 6.14. The average Bonchev–Trinajstić information content (AvgIpc) is 3.65. The number of nitrogens with one attached hydrogen (secondary N) is 1. The Hall–Kier alpha value is -3.05. The maximum absolute atomic E-state index is 12.6. The second kappa shape index (κ2) is 10.1. The number of carbonyl (C=O) groups excluding carboxylic acids is 1. The Morgan fingerprint density at radius 2 is 2.09 bits per heavy atom. The fourth-order valence-corrected chi connectivity index (χ4v) is 5.24. The molecule has 34 heavy (non-hydrogen) atoms. The Kier molecular flexibility index (Phi) is 6.73. The van der Waals surface area contributed by atoms with Gasteiger partial charge in [-0.3, -0.25) is 4.57 Å². The number of nitrogens with zero attached hydrogens (tertiary/aromatic N) is 5. The molecular formula is C23H28N6O4S. The van der Waals surface area contributed by atoms with Gasteiger partial charge >= 0.3 is 5.97 Å². The number of H-pyrrole nitrogens is 1. The maximum Gasteiger partial charge on any atom is 0.345 e. The van der Waals surface area contributed by atoms with E-state index < -0.39 is 5.97 Å². The van der Waals surface area contributed by atoms with E-state index in [9.17, 15) is 9.90 Å². The highest BCUT2D eigenvalue weighted by molar-refractivity contribution is 7.99. The highest BCUT2D eigenvalue weighted by Crippen LogP contribution is 2.29. The lowest BCUT2D eigenvalue weighted by molar-refractivity contribution is -0.133. The fourth-order valence-electron chi connectivity index (χ4n) is 4.42. The molecule has 2 aliphatic heterocycles. The predicted octanol–water partition coefficient (Wildman–Crippen LogP) is 3.17. The van der Waals surface area contributed by atoms with Crippen LogP contribution in [0.5, 0.6) is 0 Å². The summed E-state index contributed by atoms with van der Waals surface area (Å²) in [6, 6.07) is 7.44. The van der Waals surface area contributed by atoms with Crippen LogP contribution in [-0.2, 0) is 20.8 Å². The van der Waals surface area contributed by atoms with E-state index in [0.29, 0.717) is 17.2 Å². The van der Waals surface area contributed by atoms with Crippen LogP contribution in [0.25, 0.3) is 16.6 Å². The van der Waals surface area contributed by atoms with Gasteiger partial charge in [0.25, 0.3) is 0 Å². The fraction of sp³-hybridized carbons (Fsp3) is 0.478. The van der Waals surface area contributed by atoms with Crippen LogP contribution in [0.2, 0.25) is 0 Å². The minimum atomic E-state index is -0.657. The van der Waals surface area contributed by atoms with Crippen molar-refractivity contribution in [2.45, 2.75) is 43.5 Å². The molecule has 0 saturated carbocycles. The van der Waals surface area contributed by atoms with Crippen molar-refractivity contribution < 1.29 is 19.4 Å². The van der Waals surface area contributed by atoms with Crippen LogP contribution in [-0.4, -0.2) is 74.5 Å². The Labute approximate surface area is 201 Å². The summed E-state index contributed by atoms with van der Waals surface area (Å²) in [4.78, 5) is 22.4. The molecule has 1 aromatic carbocycles. The lowest BCUT2D eigenvalue weighted by Gasteiger charge is -2.20. The molecular weight excluding hydrogens is 456 g/mol. The number of aliphatic hydroxyl groups is 1. The summed E-state index contributed by atoms with van der Waals surface area (Å²) >= 11 is 1.33. The predicted molar refractivity (Wildman–Crippen MR) is 129 cm³/mol. The van der Waals surface area contributed by atoms with Crippen molar-refractivity contribution in [1.82, 2.24) is 24.7 Å². The molecule has 0 aliphatic carbocycles. The lowest BCUT2D eigenvalue weighted by Crippen LogP contribution is -2.25. The van der Waals surface area contributed by atoms with Crippen LogP contribution in [0.15, 0.2) is 35.2 Å². The van der Waals surface area contributed by atoms with Crippen LogP contribution >= 0.6 is 11.8 Å². The van der Waals surface area contributed by atoms with Crippen molar-refractivity contribution in [3.05, 3.63) is 35.8 Å². The van der Waals surface area contributed by atoms with E-state index in [2.05, 4.69) is 29.6 Å². The molecule has 1 atom stereocenters. The van der Waals surface area contributed by atoms with E-state index in [1.807, 2.05) is 24.3 Å². The second-order valence-electron chi connectivity index (χ2n) is 8.43. The molecule has 0 amide bonds. The number of fused-ring (bicyclic) bond motifs is 1. The number of carbonyl (C=O) groups is 1. The molecule has 2 aliphatic rings. The number of hydrogen-bond acceptors (Lipinski definition) is 9.